The molecule has 0 aromatic carbocycles. The minimum absolute atomic E-state index is 0.387. The molecule has 0 amide bonds. The highest BCUT2D eigenvalue weighted by molar-refractivity contribution is 5.13. The van der Waals surface area contributed by atoms with Crippen LogP contribution in [0.15, 0.2) is 11.6 Å². The first-order valence-corrected chi connectivity index (χ1v) is 6.74. The molecule has 1 N–H and O–H groups in total. The Morgan fingerprint density at radius 3 is 2.56 bits per heavy atom. The summed E-state index contributed by atoms with van der Waals surface area (Å²) in [6.45, 7) is 8.64. The molecular formula is C15H26O. The third-order valence-electron chi connectivity index (χ3n) is 5.23. The lowest BCUT2D eigenvalue weighted by Gasteiger charge is -2.46. The van der Waals surface area contributed by atoms with Crippen LogP contribution in [0.1, 0.15) is 59.8 Å². The summed E-state index contributed by atoms with van der Waals surface area (Å²) in [5.74, 6) is 1.26. The van der Waals surface area contributed by atoms with E-state index in [0.717, 1.165) is 5.92 Å². The van der Waals surface area contributed by atoms with E-state index >= 15 is 0 Å². The van der Waals surface area contributed by atoms with E-state index in [9.17, 15) is 5.11 Å². The second-order valence-electron chi connectivity index (χ2n) is 6.67. The first-order chi connectivity index (χ1) is 7.36. The Morgan fingerprint density at radius 2 is 2.06 bits per heavy atom. The topological polar surface area (TPSA) is 20.2 Å². The minimum Gasteiger partial charge on any atom is -0.390 e. The van der Waals surface area contributed by atoms with Gasteiger partial charge in [-0.05, 0) is 70.1 Å². The quantitative estimate of drug-likeness (QED) is 0.667. The highest BCUT2D eigenvalue weighted by Gasteiger charge is 2.52. The lowest BCUT2D eigenvalue weighted by atomic mass is 9.60. The Balaban J connectivity index is 2.29. The molecule has 0 heterocycles. The predicted molar refractivity (Wildman–Crippen MR) is 68.2 cm³/mol. The largest absolute Gasteiger partial charge is 0.390 e. The van der Waals surface area contributed by atoms with Crippen molar-refractivity contribution in [1.29, 1.82) is 0 Å². The van der Waals surface area contributed by atoms with Gasteiger partial charge in [0, 0.05) is 0 Å². The fourth-order valence-corrected chi connectivity index (χ4v) is 4.15. The molecule has 0 aliphatic heterocycles. The van der Waals surface area contributed by atoms with Crippen LogP contribution in [0.25, 0.3) is 0 Å². The van der Waals surface area contributed by atoms with E-state index in [2.05, 4.69) is 19.9 Å². The van der Waals surface area contributed by atoms with Gasteiger partial charge in [-0.25, -0.2) is 0 Å². The Labute approximate surface area is 99.9 Å². The average Bonchev–Trinajstić information content (AvgIpc) is 2.49. The average molecular weight is 222 g/mol. The van der Waals surface area contributed by atoms with Gasteiger partial charge in [-0.3, -0.25) is 0 Å². The normalized spacial score (nSPS) is 40.2. The molecular weight excluding hydrogens is 196 g/mol. The summed E-state index contributed by atoms with van der Waals surface area (Å²) in [6.07, 6.45) is 8.62. The second kappa shape index (κ2) is 3.87. The second-order valence-corrected chi connectivity index (χ2v) is 6.67. The van der Waals surface area contributed by atoms with Gasteiger partial charge in [0.1, 0.15) is 0 Å². The molecule has 0 saturated heterocycles. The monoisotopic (exact) mass is 222 g/mol. The van der Waals surface area contributed by atoms with Gasteiger partial charge in [0.05, 0.1) is 5.60 Å². The summed E-state index contributed by atoms with van der Waals surface area (Å²) >= 11 is 0. The summed E-state index contributed by atoms with van der Waals surface area (Å²) in [5.41, 5.74) is 1.42. The molecule has 0 unspecified atom stereocenters. The molecule has 0 bridgehead atoms. The van der Waals surface area contributed by atoms with Crippen molar-refractivity contribution < 1.29 is 5.11 Å². The third-order valence-corrected chi connectivity index (χ3v) is 5.23. The Kier molecular flexibility index (Phi) is 2.94. The van der Waals surface area contributed by atoms with Gasteiger partial charge in [0.2, 0.25) is 0 Å². The highest BCUT2D eigenvalue weighted by atomic mass is 16.3. The van der Waals surface area contributed by atoms with Gasteiger partial charge in [0.15, 0.2) is 0 Å². The molecule has 2 rings (SSSR count). The SMILES string of the molecule is CC1=CC[C@@]2(CC1)[C@@H](C)CC[C@H]2C(C)(C)O. The van der Waals surface area contributed by atoms with E-state index in [1.807, 2.05) is 13.8 Å². The van der Waals surface area contributed by atoms with Crippen LogP contribution in [0.4, 0.5) is 0 Å². The van der Waals surface area contributed by atoms with Gasteiger partial charge < -0.3 is 5.11 Å². The van der Waals surface area contributed by atoms with E-state index in [1.165, 1.54) is 32.1 Å². The number of allylic oxidation sites excluding steroid dienone is 2. The molecule has 0 aromatic heterocycles. The number of hydrogen-bond donors (Lipinski definition) is 1. The summed E-state index contributed by atoms with van der Waals surface area (Å²) in [5, 5.41) is 10.4. The van der Waals surface area contributed by atoms with Crippen LogP contribution in [-0.2, 0) is 0 Å². The maximum Gasteiger partial charge on any atom is 0.0625 e. The number of aliphatic hydroxyl groups is 1. The van der Waals surface area contributed by atoms with Crippen molar-refractivity contribution in [2.24, 2.45) is 17.3 Å². The first kappa shape index (κ1) is 12.2. The molecule has 0 radical (unpaired) electrons. The van der Waals surface area contributed by atoms with Gasteiger partial charge >= 0.3 is 0 Å². The maximum atomic E-state index is 10.4. The summed E-state index contributed by atoms with van der Waals surface area (Å²) < 4.78 is 0. The van der Waals surface area contributed by atoms with E-state index in [4.69, 9.17) is 0 Å². The van der Waals surface area contributed by atoms with Crippen molar-refractivity contribution in [3.63, 3.8) is 0 Å². The summed E-state index contributed by atoms with van der Waals surface area (Å²) in [6, 6.07) is 0. The standard InChI is InChI=1S/C15H26O/c1-11-7-9-15(10-8-11)12(2)5-6-13(15)14(3,4)16/h7,12-13,16H,5-6,8-10H2,1-4H3/t12-,13-,15+/m0/s1. The Morgan fingerprint density at radius 1 is 1.38 bits per heavy atom. The molecule has 0 aromatic rings. The highest BCUT2D eigenvalue weighted by Crippen LogP contribution is 2.58. The van der Waals surface area contributed by atoms with Crippen molar-refractivity contribution in [2.75, 3.05) is 0 Å². The van der Waals surface area contributed by atoms with Crippen LogP contribution < -0.4 is 0 Å². The number of rotatable bonds is 1. The van der Waals surface area contributed by atoms with Crippen molar-refractivity contribution in [2.45, 2.75) is 65.4 Å². The van der Waals surface area contributed by atoms with Crippen molar-refractivity contribution in [3.05, 3.63) is 11.6 Å². The zero-order valence-corrected chi connectivity index (χ0v) is 11.2. The molecule has 2 aliphatic carbocycles. The Bertz CT molecular complexity index is 297. The van der Waals surface area contributed by atoms with E-state index in [-0.39, 0.29) is 0 Å². The zero-order chi connectivity index (χ0) is 12.0. The van der Waals surface area contributed by atoms with E-state index < -0.39 is 5.60 Å². The zero-order valence-electron chi connectivity index (χ0n) is 11.2. The van der Waals surface area contributed by atoms with Gasteiger partial charge in [-0.1, -0.05) is 18.6 Å². The summed E-state index contributed by atoms with van der Waals surface area (Å²) in [4.78, 5) is 0. The van der Waals surface area contributed by atoms with Crippen LogP contribution in [0.3, 0.4) is 0 Å². The molecule has 1 nitrogen and oxygen atoms in total. The third kappa shape index (κ3) is 1.84. The van der Waals surface area contributed by atoms with Gasteiger partial charge in [0.25, 0.3) is 0 Å². The first-order valence-electron chi connectivity index (χ1n) is 6.74. The van der Waals surface area contributed by atoms with Crippen LogP contribution in [0.2, 0.25) is 0 Å². The van der Waals surface area contributed by atoms with Gasteiger partial charge in [-0.2, -0.15) is 0 Å². The van der Waals surface area contributed by atoms with Crippen molar-refractivity contribution in [1.82, 2.24) is 0 Å². The fraction of sp³-hybridized carbons (Fsp3) is 0.867. The molecule has 3 atom stereocenters. The summed E-state index contributed by atoms with van der Waals surface area (Å²) in [7, 11) is 0. The minimum atomic E-state index is -0.510. The molecule has 92 valence electrons. The lowest BCUT2D eigenvalue weighted by Crippen LogP contribution is -2.43. The molecule has 2 aliphatic rings. The van der Waals surface area contributed by atoms with Crippen LogP contribution in [-0.4, -0.2) is 10.7 Å². The molecule has 1 heteroatoms. The molecule has 1 saturated carbocycles. The van der Waals surface area contributed by atoms with E-state index in [0.29, 0.717) is 11.3 Å². The maximum absolute atomic E-state index is 10.4. The Hall–Kier alpha value is -0.300. The molecule has 1 fully saturated rings. The molecule has 16 heavy (non-hydrogen) atoms. The molecule has 1 spiro atoms. The van der Waals surface area contributed by atoms with Crippen LogP contribution >= 0.6 is 0 Å². The van der Waals surface area contributed by atoms with Crippen LogP contribution in [0, 0.1) is 17.3 Å². The number of hydrogen-bond acceptors (Lipinski definition) is 1. The van der Waals surface area contributed by atoms with Gasteiger partial charge in [-0.15, -0.1) is 0 Å². The smallest absolute Gasteiger partial charge is 0.0625 e. The predicted octanol–water partition coefficient (Wildman–Crippen LogP) is 3.92. The van der Waals surface area contributed by atoms with E-state index in [1.54, 1.807) is 5.57 Å². The van der Waals surface area contributed by atoms with Crippen molar-refractivity contribution in [3.8, 4) is 0 Å². The van der Waals surface area contributed by atoms with Crippen LogP contribution in [0.5, 0.6) is 0 Å². The van der Waals surface area contributed by atoms with Crippen molar-refractivity contribution >= 4 is 0 Å². The lowest BCUT2D eigenvalue weighted by molar-refractivity contribution is -0.0507. The fourth-order valence-electron chi connectivity index (χ4n) is 4.15.